The van der Waals surface area contributed by atoms with Gasteiger partial charge in [0.05, 0.1) is 22.3 Å². The fraction of sp³-hybridized carbons (Fsp3) is 0.111. The zero-order valence-electron chi connectivity index (χ0n) is 19.0. The molecule has 0 radical (unpaired) electrons. The molecule has 0 fully saturated rings. The number of aromatic nitrogens is 1. The van der Waals surface area contributed by atoms with Crippen molar-refractivity contribution >= 4 is 56.7 Å². The predicted molar refractivity (Wildman–Crippen MR) is 138 cm³/mol. The van der Waals surface area contributed by atoms with E-state index in [2.05, 4.69) is 5.32 Å². The summed E-state index contributed by atoms with van der Waals surface area (Å²) in [5.41, 5.74) is 9.95. The number of para-hydroxylation sites is 1. The molecule has 180 valence electrons. The molecule has 1 aliphatic carbocycles. The summed E-state index contributed by atoms with van der Waals surface area (Å²) < 4.78 is 5.40. The number of primary amides is 1. The Morgan fingerprint density at radius 3 is 2.64 bits per heavy atom. The number of nitrogens with zero attached hydrogens (tertiary/aromatic N) is 1. The summed E-state index contributed by atoms with van der Waals surface area (Å²) in [5.74, 6) is -1.66. The van der Waals surface area contributed by atoms with Crippen LogP contribution in [-0.2, 0) is 16.0 Å². The molecule has 0 saturated heterocycles. The Kier molecular flexibility index (Phi) is 6.22. The number of esters is 1. The molecular weight excluding hydrogens is 478 g/mol. The van der Waals surface area contributed by atoms with Crippen LogP contribution in [0.1, 0.15) is 44.0 Å². The van der Waals surface area contributed by atoms with Gasteiger partial charge in [0, 0.05) is 5.39 Å². The quantitative estimate of drug-likeness (QED) is 0.337. The number of allylic oxidation sites excluding steroid dienone is 1. The second-order valence-electron chi connectivity index (χ2n) is 8.24. The monoisotopic (exact) mass is 499 g/mol. The third-order valence-electron chi connectivity index (χ3n) is 5.90. The van der Waals surface area contributed by atoms with Gasteiger partial charge in [-0.1, -0.05) is 30.3 Å². The van der Waals surface area contributed by atoms with E-state index in [9.17, 15) is 19.5 Å². The average Bonchev–Trinajstić information content (AvgIpc) is 3.49. The van der Waals surface area contributed by atoms with Crippen molar-refractivity contribution in [1.29, 1.82) is 0 Å². The van der Waals surface area contributed by atoms with Gasteiger partial charge in [0.15, 0.2) is 6.61 Å². The summed E-state index contributed by atoms with van der Waals surface area (Å²) >= 11 is 1.15. The van der Waals surface area contributed by atoms with Gasteiger partial charge in [-0.3, -0.25) is 9.59 Å². The molecular formula is C27H21N3O5S. The van der Waals surface area contributed by atoms with E-state index in [1.807, 2.05) is 42.5 Å². The zero-order chi connectivity index (χ0) is 25.2. The number of thiophene rings is 1. The van der Waals surface area contributed by atoms with Crippen LogP contribution in [0.5, 0.6) is 5.75 Å². The van der Waals surface area contributed by atoms with E-state index >= 15 is 0 Å². The molecule has 2 heterocycles. The van der Waals surface area contributed by atoms with Gasteiger partial charge in [-0.15, -0.1) is 11.3 Å². The third kappa shape index (κ3) is 4.56. The average molecular weight is 500 g/mol. The Morgan fingerprint density at radius 2 is 1.86 bits per heavy atom. The second-order valence-corrected chi connectivity index (χ2v) is 9.16. The number of nitrogens with two attached hydrogens (primary N) is 1. The highest BCUT2D eigenvalue weighted by Crippen LogP contribution is 2.38. The maximum Gasteiger partial charge on any atom is 0.339 e. The van der Waals surface area contributed by atoms with E-state index in [-0.39, 0.29) is 11.3 Å². The Hall–Kier alpha value is -4.50. The normalized spacial score (nSPS) is 13.5. The van der Waals surface area contributed by atoms with Crippen molar-refractivity contribution in [3.63, 3.8) is 0 Å². The number of nitrogens with one attached hydrogen (secondary N) is 1. The van der Waals surface area contributed by atoms with Gasteiger partial charge in [0.25, 0.3) is 11.8 Å². The second kappa shape index (κ2) is 9.63. The van der Waals surface area contributed by atoms with Gasteiger partial charge in [-0.05, 0) is 65.3 Å². The molecule has 2 amide bonds. The van der Waals surface area contributed by atoms with Gasteiger partial charge >= 0.3 is 5.97 Å². The van der Waals surface area contributed by atoms with Crippen LogP contribution in [0.4, 0.5) is 5.00 Å². The Balaban J connectivity index is 1.42. The lowest BCUT2D eigenvalue weighted by Gasteiger charge is -2.12. The zero-order valence-corrected chi connectivity index (χ0v) is 19.8. The van der Waals surface area contributed by atoms with Crippen LogP contribution in [0.15, 0.2) is 60.0 Å². The number of amides is 2. The first kappa shape index (κ1) is 23.3. The van der Waals surface area contributed by atoms with Gasteiger partial charge in [0.2, 0.25) is 0 Å². The summed E-state index contributed by atoms with van der Waals surface area (Å²) in [6.07, 6.45) is 3.28. The van der Waals surface area contributed by atoms with E-state index in [4.69, 9.17) is 15.5 Å². The number of hydrogen-bond acceptors (Lipinski definition) is 7. The highest BCUT2D eigenvalue weighted by Gasteiger charge is 2.28. The molecule has 0 bridgehead atoms. The van der Waals surface area contributed by atoms with Crippen LogP contribution in [-0.4, -0.2) is 34.5 Å². The number of carbonyl (C=O) groups is 3. The van der Waals surface area contributed by atoms with Gasteiger partial charge in [-0.2, -0.15) is 0 Å². The lowest BCUT2D eigenvalue weighted by molar-refractivity contribution is -0.119. The van der Waals surface area contributed by atoms with Crippen molar-refractivity contribution in [2.24, 2.45) is 5.73 Å². The number of anilines is 1. The number of phenolic OH excluding ortho intramolecular Hbond substituents is 1. The maximum atomic E-state index is 13.3. The van der Waals surface area contributed by atoms with Crippen molar-refractivity contribution in [3.8, 4) is 5.75 Å². The molecule has 4 aromatic rings. The molecule has 2 aromatic heterocycles. The minimum absolute atomic E-state index is 0.187. The Labute approximate surface area is 210 Å². The summed E-state index contributed by atoms with van der Waals surface area (Å²) in [5, 5.41) is 14.7. The lowest BCUT2D eigenvalue weighted by atomic mass is 10.0. The minimum Gasteiger partial charge on any atom is -0.508 e. The van der Waals surface area contributed by atoms with E-state index in [1.54, 1.807) is 17.5 Å². The topological polar surface area (TPSA) is 132 Å². The van der Waals surface area contributed by atoms with Crippen LogP contribution in [0.3, 0.4) is 0 Å². The van der Waals surface area contributed by atoms with Gasteiger partial charge in [0.1, 0.15) is 10.8 Å². The first-order chi connectivity index (χ1) is 17.4. The van der Waals surface area contributed by atoms with Crippen molar-refractivity contribution in [3.05, 3.63) is 87.9 Å². The van der Waals surface area contributed by atoms with E-state index in [1.165, 1.54) is 6.07 Å². The maximum absolute atomic E-state index is 13.3. The third-order valence-corrected chi connectivity index (χ3v) is 6.73. The standard InChI is InChI=1S/C27H21N3O5S/c28-25(33)20-11-12-36-26(20)30-22(32)14-35-27(34)23-18-3-1-2-4-21(18)29-24-16(7-10-19(23)24)13-15-5-8-17(31)9-6-15/h1-6,8-9,11-13,31H,7,10,14H2,(H2,28,33)(H,30,32)/b16-13+. The Bertz CT molecular complexity index is 1540. The first-order valence-electron chi connectivity index (χ1n) is 11.2. The number of phenols is 1. The molecule has 36 heavy (non-hydrogen) atoms. The van der Waals surface area contributed by atoms with Crippen molar-refractivity contribution in [1.82, 2.24) is 4.98 Å². The molecule has 8 nitrogen and oxygen atoms in total. The van der Waals surface area contributed by atoms with Crippen LogP contribution in [0, 0.1) is 0 Å². The summed E-state index contributed by atoms with van der Waals surface area (Å²) in [6, 6.07) is 15.7. The smallest absolute Gasteiger partial charge is 0.339 e. The predicted octanol–water partition coefficient (Wildman–Crippen LogP) is 4.38. The number of aromatic hydroxyl groups is 1. The lowest BCUT2D eigenvalue weighted by Crippen LogP contribution is -2.23. The minimum atomic E-state index is -0.654. The molecule has 0 atom stereocenters. The van der Waals surface area contributed by atoms with Gasteiger partial charge in [-0.25, -0.2) is 9.78 Å². The molecule has 0 unspecified atom stereocenters. The molecule has 9 heteroatoms. The number of rotatable bonds is 6. The van der Waals surface area contributed by atoms with Crippen LogP contribution >= 0.6 is 11.3 Å². The number of hydrogen-bond donors (Lipinski definition) is 3. The number of ether oxygens (including phenoxy) is 1. The van der Waals surface area contributed by atoms with Crippen LogP contribution < -0.4 is 11.1 Å². The highest BCUT2D eigenvalue weighted by atomic mass is 32.1. The number of benzene rings is 2. The van der Waals surface area contributed by atoms with Crippen LogP contribution in [0.25, 0.3) is 22.6 Å². The number of fused-ring (bicyclic) bond motifs is 2. The first-order valence-corrected chi connectivity index (χ1v) is 12.0. The molecule has 4 N–H and O–H groups in total. The summed E-state index contributed by atoms with van der Waals surface area (Å²) in [4.78, 5) is 42.0. The van der Waals surface area contributed by atoms with E-state index < -0.39 is 24.4 Å². The van der Waals surface area contributed by atoms with Crippen molar-refractivity contribution in [2.45, 2.75) is 12.8 Å². The molecule has 2 aromatic carbocycles. The number of pyridine rings is 1. The van der Waals surface area contributed by atoms with E-state index in [0.717, 1.165) is 33.7 Å². The number of carbonyl (C=O) groups excluding carboxylic acids is 3. The van der Waals surface area contributed by atoms with Gasteiger partial charge < -0.3 is 20.9 Å². The molecule has 0 saturated carbocycles. The van der Waals surface area contributed by atoms with E-state index in [0.29, 0.717) is 34.3 Å². The summed E-state index contributed by atoms with van der Waals surface area (Å²) in [7, 11) is 0. The molecule has 0 spiro atoms. The Morgan fingerprint density at radius 1 is 1.08 bits per heavy atom. The van der Waals surface area contributed by atoms with Crippen LogP contribution in [0.2, 0.25) is 0 Å². The molecule has 1 aliphatic rings. The fourth-order valence-electron chi connectivity index (χ4n) is 4.25. The molecule has 5 rings (SSSR count). The summed E-state index contributed by atoms with van der Waals surface area (Å²) in [6.45, 7) is -0.517. The highest BCUT2D eigenvalue weighted by molar-refractivity contribution is 7.14. The van der Waals surface area contributed by atoms with Crippen molar-refractivity contribution in [2.75, 3.05) is 11.9 Å². The van der Waals surface area contributed by atoms with Crippen molar-refractivity contribution < 1.29 is 24.2 Å². The SMILES string of the molecule is NC(=O)c1ccsc1NC(=O)COC(=O)c1c2c(nc3ccccc13)/C(=C/c1ccc(O)cc1)CC2. The largest absolute Gasteiger partial charge is 0.508 e. The molecule has 0 aliphatic heterocycles. The fourth-order valence-corrected chi connectivity index (χ4v) is 5.06.